The van der Waals surface area contributed by atoms with Crippen LogP contribution in [0.5, 0.6) is 0 Å². The smallest absolute Gasteiger partial charge is 0.260 e. The number of nitrogens with one attached hydrogen (secondary N) is 2. The summed E-state index contributed by atoms with van der Waals surface area (Å²) in [4.78, 5) is 14.3. The molecule has 3 aliphatic rings. The van der Waals surface area contributed by atoms with Crippen molar-refractivity contribution < 1.29 is 22.3 Å². The molecule has 2 aliphatic carbocycles. The molecule has 1 saturated heterocycles. The highest BCUT2D eigenvalue weighted by molar-refractivity contribution is 7.88. The van der Waals surface area contributed by atoms with Gasteiger partial charge in [0.2, 0.25) is 10.0 Å². The summed E-state index contributed by atoms with van der Waals surface area (Å²) in [5.41, 5.74) is 0.631. The topological polar surface area (TPSA) is 104 Å². The molecule has 1 amide bonds. The normalized spacial score (nSPS) is 29.1. The fourth-order valence-corrected chi connectivity index (χ4v) is 6.70. The first-order chi connectivity index (χ1) is 16.7. The number of ether oxygens (including phenoxy) is 1. The Labute approximate surface area is 206 Å². The van der Waals surface area contributed by atoms with E-state index in [0.29, 0.717) is 32.0 Å². The Bertz CT molecular complexity index is 1160. The van der Waals surface area contributed by atoms with E-state index in [1.807, 2.05) is 6.20 Å². The lowest BCUT2D eigenvalue weighted by atomic mass is 9.80. The van der Waals surface area contributed by atoms with Crippen molar-refractivity contribution in [2.24, 2.45) is 5.92 Å². The van der Waals surface area contributed by atoms with Crippen LogP contribution in [0.4, 0.5) is 4.39 Å². The highest BCUT2D eigenvalue weighted by Gasteiger charge is 2.48. The number of carbonyl (C=O) groups is 1. The summed E-state index contributed by atoms with van der Waals surface area (Å²) in [6.07, 6.45) is 8.79. The third kappa shape index (κ3) is 5.54. The van der Waals surface area contributed by atoms with Crippen molar-refractivity contribution >= 4 is 26.8 Å². The van der Waals surface area contributed by atoms with Crippen LogP contribution < -0.4 is 4.72 Å². The van der Waals surface area contributed by atoms with Crippen LogP contribution in [0.2, 0.25) is 0 Å². The number of sulfonamides is 1. The zero-order chi connectivity index (χ0) is 24.6. The molecule has 1 aromatic carbocycles. The lowest BCUT2D eigenvalue weighted by Crippen LogP contribution is -2.58. The number of nitrogens with zero attached hydrogens (tertiary/aromatic N) is 2. The van der Waals surface area contributed by atoms with E-state index in [0.717, 1.165) is 49.3 Å². The molecule has 2 atom stereocenters. The van der Waals surface area contributed by atoms with Gasteiger partial charge in [-0.05, 0) is 75.0 Å². The molecule has 2 aromatic rings. The second-order valence-electron chi connectivity index (χ2n) is 10.6. The molecule has 0 unspecified atom stereocenters. The molecule has 0 radical (unpaired) electrons. The molecule has 1 aromatic heterocycles. The molecule has 10 heteroatoms. The van der Waals surface area contributed by atoms with Gasteiger partial charge >= 0.3 is 0 Å². The van der Waals surface area contributed by atoms with Crippen LogP contribution in [-0.2, 0) is 19.6 Å². The van der Waals surface area contributed by atoms with Gasteiger partial charge in [-0.25, -0.2) is 17.5 Å². The number of rotatable bonds is 7. The minimum Gasteiger partial charge on any atom is -0.378 e. The van der Waals surface area contributed by atoms with Crippen molar-refractivity contribution in [3.05, 3.63) is 30.0 Å². The van der Waals surface area contributed by atoms with Crippen molar-refractivity contribution in [1.29, 1.82) is 0 Å². The maximum atomic E-state index is 14.8. The summed E-state index contributed by atoms with van der Waals surface area (Å²) >= 11 is 0. The first-order valence-corrected chi connectivity index (χ1v) is 14.6. The summed E-state index contributed by atoms with van der Waals surface area (Å²) in [7, 11) is -3.40. The van der Waals surface area contributed by atoms with Crippen molar-refractivity contribution in [2.75, 3.05) is 26.0 Å². The number of carbonyl (C=O) groups excluding carboxylic acids is 1. The number of aromatic nitrogens is 2. The van der Waals surface area contributed by atoms with Crippen LogP contribution >= 0.6 is 0 Å². The zero-order valence-electron chi connectivity index (χ0n) is 20.2. The molecule has 35 heavy (non-hydrogen) atoms. The van der Waals surface area contributed by atoms with Gasteiger partial charge in [0.15, 0.2) is 5.67 Å². The van der Waals surface area contributed by atoms with E-state index >= 15 is 0 Å². The van der Waals surface area contributed by atoms with Crippen molar-refractivity contribution in [3.63, 3.8) is 0 Å². The molecule has 2 heterocycles. The lowest BCUT2D eigenvalue weighted by molar-refractivity contribution is -0.153. The third-order valence-corrected chi connectivity index (χ3v) is 8.80. The predicted molar refractivity (Wildman–Crippen MR) is 131 cm³/mol. The third-order valence-electron chi connectivity index (χ3n) is 8.07. The second kappa shape index (κ2) is 9.78. The van der Waals surface area contributed by atoms with Gasteiger partial charge in [0.1, 0.15) is 0 Å². The lowest BCUT2D eigenvalue weighted by Gasteiger charge is -2.43. The highest BCUT2D eigenvalue weighted by atomic mass is 32.2. The first kappa shape index (κ1) is 24.6. The first-order valence-electron chi connectivity index (χ1n) is 12.7. The Balaban J connectivity index is 1.17. The van der Waals surface area contributed by atoms with Crippen LogP contribution in [-0.4, -0.2) is 73.2 Å². The monoisotopic (exact) mass is 506 g/mol. The number of amides is 1. The van der Waals surface area contributed by atoms with Crippen molar-refractivity contribution in [1.82, 2.24) is 19.8 Å². The van der Waals surface area contributed by atoms with Crippen LogP contribution in [0.25, 0.3) is 10.9 Å². The maximum absolute atomic E-state index is 14.8. The molecule has 8 nitrogen and oxygen atoms in total. The van der Waals surface area contributed by atoms with E-state index in [-0.39, 0.29) is 30.9 Å². The quantitative estimate of drug-likeness (QED) is 0.600. The number of H-pyrrole nitrogens is 1. The number of fused-ring (bicyclic) bond motifs is 1. The number of hydrogen-bond donors (Lipinski definition) is 2. The summed E-state index contributed by atoms with van der Waals surface area (Å²) in [6.45, 7) is 1.03. The summed E-state index contributed by atoms with van der Waals surface area (Å²) in [6, 6.07) is 6.14. The second-order valence-corrected chi connectivity index (χ2v) is 12.4. The maximum Gasteiger partial charge on any atom is 0.260 e. The highest BCUT2D eigenvalue weighted by Crippen LogP contribution is 2.39. The SMILES string of the molecule is CS(=O)(=O)N[C@H]1CCN(C(=O)C2(F)CCC2)C[C@H]1CO[C@H]1CC[C@@H](c2ccc3[nH]ncc3c2)CC1. The van der Waals surface area contributed by atoms with Gasteiger partial charge < -0.3 is 9.64 Å². The molecule has 2 N–H and O–H groups in total. The minimum atomic E-state index is -3.40. The molecule has 5 rings (SSSR count). The van der Waals surface area contributed by atoms with E-state index in [4.69, 9.17) is 4.74 Å². The summed E-state index contributed by atoms with van der Waals surface area (Å²) < 4.78 is 47.6. The van der Waals surface area contributed by atoms with Crippen molar-refractivity contribution in [2.45, 2.75) is 75.1 Å². The van der Waals surface area contributed by atoms with Gasteiger partial charge in [0.05, 0.1) is 30.7 Å². The number of benzene rings is 1. The number of likely N-dealkylation sites (tertiary alicyclic amines) is 1. The number of piperidine rings is 1. The summed E-state index contributed by atoms with van der Waals surface area (Å²) in [5.74, 6) is -0.159. The van der Waals surface area contributed by atoms with Crippen LogP contribution in [0.3, 0.4) is 0 Å². The zero-order valence-corrected chi connectivity index (χ0v) is 21.0. The van der Waals surface area contributed by atoms with Crippen LogP contribution in [0.1, 0.15) is 62.8 Å². The Morgan fingerprint density at radius 3 is 2.71 bits per heavy atom. The summed E-state index contributed by atoms with van der Waals surface area (Å²) in [5, 5.41) is 8.21. The predicted octanol–water partition coefficient (Wildman–Crippen LogP) is 3.26. The molecular weight excluding hydrogens is 471 g/mol. The molecule has 3 fully saturated rings. The molecule has 2 saturated carbocycles. The standard InChI is InChI=1S/C25H35FN4O4S/c1-35(32,33)29-23-9-12-30(24(31)25(26)10-2-11-25)15-20(23)16-34-21-6-3-17(4-7-21)18-5-8-22-19(13-18)14-27-28-22/h5,8,13-14,17,20-21,23,29H,2-4,6-7,9-12,15-16H2,1H3,(H,27,28)/t17-,20-,21+,23-/m0/s1. The molecule has 1 aliphatic heterocycles. The van der Waals surface area contributed by atoms with Gasteiger partial charge in [0.25, 0.3) is 5.91 Å². The minimum absolute atomic E-state index is 0.105. The van der Waals surface area contributed by atoms with Crippen molar-refractivity contribution in [3.8, 4) is 0 Å². The molecule has 192 valence electrons. The van der Waals surface area contributed by atoms with E-state index in [1.165, 1.54) is 5.56 Å². The Hall–Kier alpha value is -2.04. The number of aromatic amines is 1. The van der Waals surface area contributed by atoms with Crippen LogP contribution in [0.15, 0.2) is 24.4 Å². The van der Waals surface area contributed by atoms with E-state index in [2.05, 4.69) is 33.1 Å². The Morgan fingerprint density at radius 1 is 1.26 bits per heavy atom. The van der Waals surface area contributed by atoms with Gasteiger partial charge in [-0.15, -0.1) is 0 Å². The van der Waals surface area contributed by atoms with E-state index in [9.17, 15) is 17.6 Å². The van der Waals surface area contributed by atoms with Crippen LogP contribution in [0, 0.1) is 5.92 Å². The van der Waals surface area contributed by atoms with Gasteiger partial charge in [-0.3, -0.25) is 9.89 Å². The fourth-order valence-electron chi connectivity index (χ4n) is 5.84. The Morgan fingerprint density at radius 2 is 2.03 bits per heavy atom. The van der Waals surface area contributed by atoms with Gasteiger partial charge in [0, 0.05) is 30.4 Å². The number of alkyl halides is 1. The number of hydrogen-bond acceptors (Lipinski definition) is 5. The van der Waals surface area contributed by atoms with Gasteiger partial charge in [-0.1, -0.05) is 6.07 Å². The average Bonchev–Trinajstić information content (AvgIpc) is 3.29. The molecule has 0 spiro atoms. The largest absolute Gasteiger partial charge is 0.378 e. The Kier molecular flexibility index (Phi) is 6.89. The van der Waals surface area contributed by atoms with E-state index < -0.39 is 21.6 Å². The molecular formula is C25H35FN4O4S. The van der Waals surface area contributed by atoms with E-state index in [1.54, 1.807) is 4.90 Å². The fraction of sp³-hybridized carbons (Fsp3) is 0.680. The average molecular weight is 507 g/mol. The van der Waals surface area contributed by atoms with Gasteiger partial charge in [-0.2, -0.15) is 5.10 Å². The number of halogens is 1. The molecule has 0 bridgehead atoms.